The highest BCUT2D eigenvalue weighted by molar-refractivity contribution is 8.00. The first-order valence-electron chi connectivity index (χ1n) is 6.73. The molecule has 0 amide bonds. The Bertz CT molecular complexity index is 242. The Balaban J connectivity index is 3.08. The lowest BCUT2D eigenvalue weighted by atomic mass is 9.74. The van der Waals surface area contributed by atoms with Crippen LogP contribution in [0.5, 0.6) is 0 Å². The zero-order valence-corrected chi connectivity index (χ0v) is 14.0. The Morgan fingerprint density at radius 3 is 1.59 bits per heavy atom. The van der Waals surface area contributed by atoms with Crippen molar-refractivity contribution in [3.8, 4) is 0 Å². The number of thioether (sulfide) groups is 1. The van der Waals surface area contributed by atoms with Gasteiger partial charge < -0.3 is 0 Å². The van der Waals surface area contributed by atoms with E-state index in [1.807, 2.05) is 0 Å². The van der Waals surface area contributed by atoms with Gasteiger partial charge in [0.05, 0.1) is 0 Å². The standard InChI is InChI=1S/C15H31NS/c1-13(2,3)11-12(14(4,5)6)17-10-16(11)15(7,8)9/h11-12H,10H2,1-9H3. The summed E-state index contributed by atoms with van der Waals surface area (Å²) in [5.41, 5.74) is 0.988. The smallest absolute Gasteiger partial charge is 0.0456 e. The number of hydrogen-bond donors (Lipinski definition) is 0. The zero-order chi connectivity index (χ0) is 13.6. The zero-order valence-electron chi connectivity index (χ0n) is 13.2. The molecule has 2 unspecified atom stereocenters. The molecule has 0 aliphatic carbocycles. The molecule has 0 aromatic carbocycles. The summed E-state index contributed by atoms with van der Waals surface area (Å²) in [7, 11) is 0. The van der Waals surface area contributed by atoms with E-state index in [1.165, 1.54) is 5.88 Å². The van der Waals surface area contributed by atoms with E-state index in [1.54, 1.807) is 0 Å². The summed E-state index contributed by atoms with van der Waals surface area (Å²) in [4.78, 5) is 2.70. The molecule has 1 aliphatic rings. The van der Waals surface area contributed by atoms with Gasteiger partial charge in [0.25, 0.3) is 0 Å². The van der Waals surface area contributed by atoms with Crippen LogP contribution in [-0.2, 0) is 0 Å². The molecule has 0 radical (unpaired) electrons. The maximum atomic E-state index is 2.70. The molecule has 0 saturated carbocycles. The molecule has 102 valence electrons. The van der Waals surface area contributed by atoms with E-state index in [4.69, 9.17) is 0 Å². The van der Waals surface area contributed by atoms with E-state index >= 15 is 0 Å². The molecular weight excluding hydrogens is 226 g/mol. The quantitative estimate of drug-likeness (QED) is 0.623. The maximum Gasteiger partial charge on any atom is 0.0456 e. The van der Waals surface area contributed by atoms with Crippen molar-refractivity contribution in [3.63, 3.8) is 0 Å². The highest BCUT2D eigenvalue weighted by Gasteiger charge is 2.49. The van der Waals surface area contributed by atoms with Crippen LogP contribution in [0.1, 0.15) is 62.3 Å². The lowest BCUT2D eigenvalue weighted by Crippen LogP contribution is -2.54. The van der Waals surface area contributed by atoms with Crippen molar-refractivity contribution >= 4 is 11.8 Å². The van der Waals surface area contributed by atoms with Gasteiger partial charge >= 0.3 is 0 Å². The van der Waals surface area contributed by atoms with E-state index in [0.29, 0.717) is 16.9 Å². The third-order valence-corrected chi connectivity index (χ3v) is 5.37. The second kappa shape index (κ2) is 4.45. The fourth-order valence-corrected chi connectivity index (χ4v) is 4.86. The largest absolute Gasteiger partial charge is 0.285 e. The Labute approximate surface area is 113 Å². The minimum absolute atomic E-state index is 0.269. The van der Waals surface area contributed by atoms with Crippen LogP contribution in [0.2, 0.25) is 0 Å². The van der Waals surface area contributed by atoms with Crippen LogP contribution < -0.4 is 0 Å². The van der Waals surface area contributed by atoms with Crippen LogP contribution in [0.25, 0.3) is 0 Å². The fraction of sp³-hybridized carbons (Fsp3) is 1.00. The van der Waals surface area contributed by atoms with Gasteiger partial charge in [-0.3, -0.25) is 4.90 Å². The van der Waals surface area contributed by atoms with Crippen molar-refractivity contribution in [2.24, 2.45) is 10.8 Å². The molecule has 1 saturated heterocycles. The predicted octanol–water partition coefficient (Wildman–Crippen LogP) is 4.62. The molecule has 0 bridgehead atoms. The normalized spacial score (nSPS) is 28.8. The van der Waals surface area contributed by atoms with Crippen LogP contribution in [0.15, 0.2) is 0 Å². The van der Waals surface area contributed by atoms with Crippen molar-refractivity contribution in [3.05, 3.63) is 0 Å². The molecule has 1 rings (SSSR count). The molecular formula is C15H31NS. The van der Waals surface area contributed by atoms with Gasteiger partial charge in [0.2, 0.25) is 0 Å². The lowest BCUT2D eigenvalue weighted by Gasteiger charge is -2.46. The Morgan fingerprint density at radius 1 is 0.824 bits per heavy atom. The van der Waals surface area contributed by atoms with Gasteiger partial charge in [0, 0.05) is 22.7 Å². The Kier molecular flexibility index (Phi) is 4.02. The minimum atomic E-state index is 0.269. The van der Waals surface area contributed by atoms with Crippen LogP contribution >= 0.6 is 11.8 Å². The predicted molar refractivity (Wildman–Crippen MR) is 80.5 cm³/mol. The second-order valence-corrected chi connectivity index (χ2v) is 9.63. The van der Waals surface area contributed by atoms with Gasteiger partial charge in [-0.2, -0.15) is 0 Å². The van der Waals surface area contributed by atoms with Crippen molar-refractivity contribution < 1.29 is 0 Å². The molecule has 0 aromatic rings. The van der Waals surface area contributed by atoms with E-state index in [9.17, 15) is 0 Å². The molecule has 0 N–H and O–H groups in total. The average molecular weight is 257 g/mol. The molecule has 1 aliphatic heterocycles. The third-order valence-electron chi connectivity index (χ3n) is 3.62. The first kappa shape index (κ1) is 15.4. The van der Waals surface area contributed by atoms with E-state index in [0.717, 1.165) is 5.25 Å². The van der Waals surface area contributed by atoms with Crippen LogP contribution in [0, 0.1) is 10.8 Å². The SMILES string of the molecule is CC(C)(C)C1SCN(C(C)(C)C)C1C(C)(C)C. The van der Waals surface area contributed by atoms with Crippen molar-refractivity contribution in [1.29, 1.82) is 0 Å². The average Bonchev–Trinajstić information content (AvgIpc) is 2.42. The molecule has 2 heteroatoms. The fourth-order valence-electron chi connectivity index (χ4n) is 2.75. The summed E-state index contributed by atoms with van der Waals surface area (Å²) >= 11 is 2.15. The van der Waals surface area contributed by atoms with Crippen LogP contribution in [0.3, 0.4) is 0 Å². The second-order valence-electron chi connectivity index (χ2n) is 8.53. The molecule has 17 heavy (non-hydrogen) atoms. The first-order chi connectivity index (χ1) is 7.35. The monoisotopic (exact) mass is 257 g/mol. The summed E-state index contributed by atoms with van der Waals surface area (Å²) in [5, 5.41) is 0.724. The van der Waals surface area contributed by atoms with Gasteiger partial charge in [-0.05, 0) is 31.6 Å². The summed E-state index contributed by atoms with van der Waals surface area (Å²) in [6.45, 7) is 21.4. The first-order valence-corrected chi connectivity index (χ1v) is 7.78. The van der Waals surface area contributed by atoms with Gasteiger partial charge in [-0.15, -0.1) is 11.8 Å². The van der Waals surface area contributed by atoms with Gasteiger partial charge in [0.1, 0.15) is 0 Å². The maximum absolute atomic E-state index is 2.70. The van der Waals surface area contributed by atoms with E-state index in [2.05, 4.69) is 79.0 Å². The molecule has 1 nitrogen and oxygen atoms in total. The van der Waals surface area contributed by atoms with Crippen molar-refractivity contribution in [2.75, 3.05) is 5.88 Å². The van der Waals surface area contributed by atoms with Crippen molar-refractivity contribution in [1.82, 2.24) is 4.90 Å². The Morgan fingerprint density at radius 2 is 1.29 bits per heavy atom. The molecule has 1 heterocycles. The molecule has 2 atom stereocenters. The molecule has 1 fully saturated rings. The van der Waals surface area contributed by atoms with Crippen molar-refractivity contribution in [2.45, 2.75) is 79.1 Å². The van der Waals surface area contributed by atoms with Gasteiger partial charge in [-0.25, -0.2) is 0 Å². The topological polar surface area (TPSA) is 3.24 Å². The number of nitrogens with zero attached hydrogens (tertiary/aromatic N) is 1. The van der Waals surface area contributed by atoms with Gasteiger partial charge in [0.15, 0.2) is 0 Å². The lowest BCUT2D eigenvalue weighted by molar-refractivity contribution is 0.0355. The summed E-state index contributed by atoms with van der Waals surface area (Å²) in [6.07, 6.45) is 0. The highest BCUT2D eigenvalue weighted by atomic mass is 32.2. The third kappa shape index (κ3) is 3.41. The molecule has 0 spiro atoms. The highest BCUT2D eigenvalue weighted by Crippen LogP contribution is 2.48. The summed E-state index contributed by atoms with van der Waals surface area (Å²) in [6, 6.07) is 0.660. The van der Waals surface area contributed by atoms with E-state index in [-0.39, 0.29) is 5.54 Å². The Hall–Kier alpha value is 0.310. The number of rotatable bonds is 0. The molecule has 0 aromatic heterocycles. The van der Waals surface area contributed by atoms with Crippen LogP contribution in [-0.4, -0.2) is 27.6 Å². The summed E-state index contributed by atoms with van der Waals surface area (Å²) < 4.78 is 0. The van der Waals surface area contributed by atoms with Crippen LogP contribution in [0.4, 0.5) is 0 Å². The minimum Gasteiger partial charge on any atom is -0.285 e. The summed E-state index contributed by atoms with van der Waals surface area (Å²) in [5.74, 6) is 1.17. The van der Waals surface area contributed by atoms with Gasteiger partial charge in [-0.1, -0.05) is 41.5 Å². The number of hydrogen-bond acceptors (Lipinski definition) is 2. The van der Waals surface area contributed by atoms with E-state index < -0.39 is 0 Å².